The first-order valence-corrected chi connectivity index (χ1v) is 12.6. The molecule has 37 heavy (non-hydrogen) atoms. The highest BCUT2D eigenvalue weighted by molar-refractivity contribution is 7.09. The van der Waals surface area contributed by atoms with Gasteiger partial charge in [0, 0.05) is 17.8 Å². The summed E-state index contributed by atoms with van der Waals surface area (Å²) in [6.07, 6.45) is -1.20. The largest absolute Gasteiger partial charge is 0.372 e. The summed E-state index contributed by atoms with van der Waals surface area (Å²) in [6.45, 7) is 3.96. The zero-order valence-corrected chi connectivity index (χ0v) is 20.6. The van der Waals surface area contributed by atoms with Gasteiger partial charge in [-0.3, -0.25) is 25.0 Å². The minimum absolute atomic E-state index is 0.110. The Kier molecular flexibility index (Phi) is 5.31. The normalized spacial score (nSPS) is 24.5. The molecule has 5 heterocycles. The number of carbonyl (C=O) groups excluding carboxylic acids is 4. The lowest BCUT2D eigenvalue weighted by Crippen LogP contribution is -2.75. The highest BCUT2D eigenvalue weighted by Crippen LogP contribution is 2.49. The topological polar surface area (TPSA) is 143 Å². The zero-order chi connectivity index (χ0) is 26.1. The number of benzene rings is 1. The van der Waals surface area contributed by atoms with Crippen LogP contribution >= 0.6 is 11.3 Å². The molecule has 2 fully saturated rings. The number of ether oxygens (including phenoxy) is 1. The van der Waals surface area contributed by atoms with Crippen molar-refractivity contribution < 1.29 is 32.8 Å². The van der Waals surface area contributed by atoms with Crippen LogP contribution in [0.5, 0.6) is 0 Å². The molecule has 192 valence electrons. The van der Waals surface area contributed by atoms with Gasteiger partial charge in [0.25, 0.3) is 5.91 Å². The second-order valence-corrected chi connectivity index (χ2v) is 10.5. The zero-order valence-electron chi connectivity index (χ0n) is 19.8. The number of fused-ring (bicyclic) bond motifs is 5. The maximum absolute atomic E-state index is 16.1. The SMILES string of the molecule is C[C@H]1CN2c3c(cc4c(C(=O)NCc5cccs5)noc4c3F)CC3(C(=O)NC(=O)NC3=O)[C@@H]2[C@@H](C)O1. The van der Waals surface area contributed by atoms with Gasteiger partial charge < -0.3 is 19.5 Å². The maximum Gasteiger partial charge on any atom is 0.328 e. The van der Waals surface area contributed by atoms with Crippen LogP contribution in [-0.2, 0) is 27.3 Å². The number of urea groups is 1. The van der Waals surface area contributed by atoms with E-state index in [1.54, 1.807) is 18.7 Å². The third kappa shape index (κ3) is 3.44. The molecule has 0 radical (unpaired) electrons. The molecule has 2 aromatic heterocycles. The van der Waals surface area contributed by atoms with E-state index < -0.39 is 47.1 Å². The van der Waals surface area contributed by atoms with Gasteiger partial charge in [0.2, 0.25) is 17.4 Å². The molecular weight excluding hydrogens is 505 g/mol. The highest BCUT2D eigenvalue weighted by atomic mass is 32.1. The number of nitrogens with one attached hydrogen (secondary N) is 3. The predicted octanol–water partition coefficient (Wildman–Crippen LogP) is 1.85. The first kappa shape index (κ1) is 23.6. The summed E-state index contributed by atoms with van der Waals surface area (Å²) in [4.78, 5) is 53.9. The van der Waals surface area contributed by atoms with E-state index in [0.717, 1.165) is 4.88 Å². The van der Waals surface area contributed by atoms with Crippen LogP contribution in [0.1, 0.15) is 34.8 Å². The van der Waals surface area contributed by atoms with Gasteiger partial charge in [-0.1, -0.05) is 11.2 Å². The summed E-state index contributed by atoms with van der Waals surface area (Å²) >= 11 is 1.48. The molecule has 2 saturated heterocycles. The molecule has 3 N–H and O–H groups in total. The van der Waals surface area contributed by atoms with Crippen LogP contribution in [0.15, 0.2) is 28.1 Å². The molecule has 3 atom stereocenters. The van der Waals surface area contributed by atoms with Crippen LogP contribution in [0.2, 0.25) is 0 Å². The van der Waals surface area contributed by atoms with Gasteiger partial charge in [-0.05, 0) is 36.9 Å². The van der Waals surface area contributed by atoms with Crippen LogP contribution in [0.3, 0.4) is 0 Å². The third-order valence-corrected chi connectivity index (χ3v) is 8.06. The van der Waals surface area contributed by atoms with Gasteiger partial charge in [0.1, 0.15) is 0 Å². The van der Waals surface area contributed by atoms with E-state index in [0.29, 0.717) is 5.56 Å². The number of imide groups is 2. The number of aromatic nitrogens is 1. The van der Waals surface area contributed by atoms with E-state index >= 15 is 4.39 Å². The fraction of sp³-hybridized carbons (Fsp3) is 0.375. The summed E-state index contributed by atoms with van der Waals surface area (Å²) < 4.78 is 27.3. The Balaban J connectivity index is 1.48. The van der Waals surface area contributed by atoms with E-state index in [-0.39, 0.29) is 48.0 Å². The molecule has 3 aliphatic heterocycles. The number of carbonyl (C=O) groups is 4. The lowest BCUT2D eigenvalue weighted by Gasteiger charge is -2.55. The molecule has 5 amide bonds. The van der Waals surface area contributed by atoms with Crippen LogP contribution in [-0.4, -0.2) is 53.7 Å². The van der Waals surface area contributed by atoms with E-state index in [4.69, 9.17) is 9.26 Å². The maximum atomic E-state index is 16.1. The van der Waals surface area contributed by atoms with Gasteiger partial charge in [0.15, 0.2) is 16.9 Å². The standard InChI is InChI=1S/C24H22FN5O6S/c1-10-9-30-17-12(7-24(19(30)11(2)35-10)21(32)27-23(34)28-22(24)33)6-14-16(29-36-18(14)15(17)25)20(31)26-8-13-4-3-5-37-13/h3-6,10-11,19H,7-9H2,1-2H3,(H,26,31)(H2,27,28,32,33,34)/t10-,11+,19-/m0/s1. The summed E-state index contributed by atoms with van der Waals surface area (Å²) in [5, 5.41) is 13.0. The number of barbiturate groups is 1. The Morgan fingerprint density at radius 1 is 1.30 bits per heavy atom. The van der Waals surface area contributed by atoms with Gasteiger partial charge in [-0.15, -0.1) is 11.3 Å². The van der Waals surface area contributed by atoms with Crippen molar-refractivity contribution in [3.63, 3.8) is 0 Å². The second kappa shape index (κ2) is 8.35. The molecule has 0 bridgehead atoms. The van der Waals surface area contributed by atoms with Crippen LogP contribution in [0, 0.1) is 11.2 Å². The number of nitrogens with zero attached hydrogens (tertiary/aromatic N) is 2. The van der Waals surface area contributed by atoms with Crippen molar-refractivity contribution >= 4 is 51.7 Å². The van der Waals surface area contributed by atoms with E-state index in [1.807, 2.05) is 17.5 Å². The highest BCUT2D eigenvalue weighted by Gasteiger charge is 2.63. The number of morpholine rings is 1. The first-order chi connectivity index (χ1) is 17.7. The first-order valence-electron chi connectivity index (χ1n) is 11.7. The summed E-state index contributed by atoms with van der Waals surface area (Å²) in [5.41, 5.74) is -1.60. The lowest BCUT2D eigenvalue weighted by molar-refractivity contribution is -0.153. The number of hydrogen-bond donors (Lipinski definition) is 3. The monoisotopic (exact) mass is 527 g/mol. The fourth-order valence-electron chi connectivity index (χ4n) is 5.78. The molecule has 1 spiro atoms. The number of anilines is 1. The molecule has 0 saturated carbocycles. The number of amides is 5. The van der Waals surface area contributed by atoms with E-state index in [1.165, 1.54) is 17.4 Å². The van der Waals surface area contributed by atoms with Crippen molar-refractivity contribution in [3.8, 4) is 0 Å². The second-order valence-electron chi connectivity index (χ2n) is 9.50. The molecule has 3 aliphatic rings. The lowest BCUT2D eigenvalue weighted by atomic mass is 9.66. The summed E-state index contributed by atoms with van der Waals surface area (Å²) in [6, 6.07) is 3.45. The Hall–Kier alpha value is -3.84. The van der Waals surface area contributed by atoms with Crippen molar-refractivity contribution in [3.05, 3.63) is 45.5 Å². The van der Waals surface area contributed by atoms with Crippen LogP contribution in [0.4, 0.5) is 14.9 Å². The molecule has 0 aliphatic carbocycles. The molecule has 3 aromatic rings. The fourth-order valence-corrected chi connectivity index (χ4v) is 6.42. The molecular formula is C24H22FN5O6S. The average Bonchev–Trinajstić information content (AvgIpc) is 3.50. The molecule has 6 rings (SSSR count). The number of thiophene rings is 1. The average molecular weight is 528 g/mol. The Bertz CT molecular complexity index is 1450. The van der Waals surface area contributed by atoms with Crippen molar-refractivity contribution in [2.24, 2.45) is 5.41 Å². The van der Waals surface area contributed by atoms with Crippen LogP contribution in [0.25, 0.3) is 11.0 Å². The van der Waals surface area contributed by atoms with Crippen molar-refractivity contribution in [2.75, 3.05) is 11.4 Å². The van der Waals surface area contributed by atoms with E-state index in [2.05, 4.69) is 21.1 Å². The van der Waals surface area contributed by atoms with Crippen molar-refractivity contribution in [1.29, 1.82) is 0 Å². The van der Waals surface area contributed by atoms with Crippen molar-refractivity contribution in [1.82, 2.24) is 21.1 Å². The molecule has 1 aromatic carbocycles. The van der Waals surface area contributed by atoms with Gasteiger partial charge in [-0.2, -0.15) is 0 Å². The Morgan fingerprint density at radius 2 is 2.05 bits per heavy atom. The molecule has 13 heteroatoms. The van der Waals surface area contributed by atoms with Gasteiger partial charge in [-0.25, -0.2) is 9.18 Å². The number of halogens is 1. The third-order valence-electron chi connectivity index (χ3n) is 7.18. The quantitative estimate of drug-likeness (QED) is 0.438. The molecule has 11 nitrogen and oxygen atoms in total. The number of hydrogen-bond acceptors (Lipinski definition) is 9. The Labute approximate surface area is 213 Å². The smallest absolute Gasteiger partial charge is 0.328 e. The van der Waals surface area contributed by atoms with Gasteiger partial charge in [0.05, 0.1) is 35.9 Å². The number of rotatable bonds is 3. The minimum Gasteiger partial charge on any atom is -0.372 e. The van der Waals surface area contributed by atoms with Crippen molar-refractivity contribution in [2.45, 2.75) is 45.1 Å². The summed E-state index contributed by atoms with van der Waals surface area (Å²) in [7, 11) is 0. The minimum atomic E-state index is -1.76. The van der Waals surface area contributed by atoms with Gasteiger partial charge >= 0.3 is 6.03 Å². The summed E-state index contributed by atoms with van der Waals surface area (Å²) in [5.74, 6) is -2.87. The Morgan fingerprint density at radius 3 is 2.76 bits per heavy atom. The molecule has 0 unspecified atom stereocenters. The van der Waals surface area contributed by atoms with E-state index in [9.17, 15) is 19.2 Å². The van der Waals surface area contributed by atoms with Crippen LogP contribution < -0.4 is 20.9 Å². The predicted molar refractivity (Wildman–Crippen MR) is 128 cm³/mol.